The Morgan fingerprint density at radius 2 is 1.75 bits per heavy atom. The number of carbonyl (C=O) groups excluding carboxylic acids is 4. The SMILES string of the molecule is CC(C)[C@H](N)C(=O)C[C@@H](CCCNC(N)=O)C(=O)Nc1ccc(COC(=O)Nc2cc(N(C)c3cc(C#N)nc4ccccc34)ccc2CO)cc1. The second kappa shape index (κ2) is 18.3. The van der Waals surface area contributed by atoms with Gasteiger partial charge in [0, 0.05) is 48.3 Å². The molecule has 0 saturated heterocycles. The van der Waals surface area contributed by atoms with Gasteiger partial charge in [-0.1, -0.05) is 50.2 Å². The van der Waals surface area contributed by atoms with Gasteiger partial charge >= 0.3 is 12.1 Å². The molecule has 2 atom stereocenters. The summed E-state index contributed by atoms with van der Waals surface area (Å²) in [5.41, 5.74) is 15.5. The molecule has 52 heavy (non-hydrogen) atoms. The van der Waals surface area contributed by atoms with Gasteiger partial charge in [-0.3, -0.25) is 14.9 Å². The number of pyridine rings is 1. The number of benzene rings is 3. The molecule has 1 heterocycles. The number of hydrogen-bond acceptors (Lipinski definition) is 10. The van der Waals surface area contributed by atoms with E-state index in [4.69, 9.17) is 16.2 Å². The molecule has 14 nitrogen and oxygen atoms in total. The predicted molar refractivity (Wildman–Crippen MR) is 199 cm³/mol. The second-order valence-electron chi connectivity index (χ2n) is 12.7. The largest absolute Gasteiger partial charge is 0.444 e. The van der Waals surface area contributed by atoms with Gasteiger partial charge in [0.2, 0.25) is 5.91 Å². The second-order valence-corrected chi connectivity index (χ2v) is 12.7. The fourth-order valence-electron chi connectivity index (χ4n) is 5.52. The van der Waals surface area contributed by atoms with Crippen LogP contribution in [0.5, 0.6) is 0 Å². The number of aromatic nitrogens is 1. The number of anilines is 4. The van der Waals surface area contributed by atoms with Crippen LogP contribution in [-0.2, 0) is 27.5 Å². The molecule has 0 aliphatic rings. The van der Waals surface area contributed by atoms with E-state index in [9.17, 15) is 29.5 Å². The van der Waals surface area contributed by atoms with Crippen molar-refractivity contribution >= 4 is 57.5 Å². The van der Waals surface area contributed by atoms with Crippen molar-refractivity contribution in [2.45, 2.75) is 52.4 Å². The summed E-state index contributed by atoms with van der Waals surface area (Å²) in [5.74, 6) is -1.32. The van der Waals surface area contributed by atoms with Crippen molar-refractivity contribution in [3.63, 3.8) is 0 Å². The molecule has 4 aromatic rings. The summed E-state index contributed by atoms with van der Waals surface area (Å²) >= 11 is 0. The number of hydrogen-bond donors (Lipinski definition) is 6. The van der Waals surface area contributed by atoms with E-state index in [1.165, 1.54) is 0 Å². The van der Waals surface area contributed by atoms with E-state index in [0.717, 1.165) is 11.1 Å². The van der Waals surface area contributed by atoms with Crippen molar-refractivity contribution in [1.29, 1.82) is 5.26 Å². The van der Waals surface area contributed by atoms with Crippen molar-refractivity contribution in [3.8, 4) is 6.07 Å². The van der Waals surface area contributed by atoms with Crippen LogP contribution in [0.4, 0.5) is 32.3 Å². The van der Waals surface area contributed by atoms with Gasteiger partial charge in [-0.15, -0.1) is 0 Å². The molecule has 0 aliphatic heterocycles. The average Bonchev–Trinajstić information content (AvgIpc) is 3.14. The van der Waals surface area contributed by atoms with Gasteiger partial charge < -0.3 is 36.8 Å². The summed E-state index contributed by atoms with van der Waals surface area (Å²) in [4.78, 5) is 56.1. The van der Waals surface area contributed by atoms with Crippen molar-refractivity contribution in [1.82, 2.24) is 10.3 Å². The van der Waals surface area contributed by atoms with Crippen LogP contribution in [-0.4, -0.2) is 53.5 Å². The number of ether oxygens (including phenoxy) is 1. The third-order valence-electron chi connectivity index (χ3n) is 8.59. The van der Waals surface area contributed by atoms with E-state index in [2.05, 4.69) is 27.0 Å². The maximum atomic E-state index is 13.2. The molecule has 3 aromatic carbocycles. The third kappa shape index (κ3) is 10.5. The molecule has 14 heteroatoms. The Balaban J connectivity index is 1.38. The summed E-state index contributed by atoms with van der Waals surface area (Å²) in [5, 5.41) is 28.3. The average molecular weight is 709 g/mol. The highest BCUT2D eigenvalue weighted by Gasteiger charge is 2.26. The smallest absolute Gasteiger partial charge is 0.411 e. The summed E-state index contributed by atoms with van der Waals surface area (Å²) in [6.07, 6.45) is -0.00652. The summed E-state index contributed by atoms with van der Waals surface area (Å²) in [7, 11) is 1.83. The first kappa shape index (κ1) is 38.8. The van der Waals surface area contributed by atoms with Crippen LogP contribution in [0.2, 0.25) is 0 Å². The van der Waals surface area contributed by atoms with Gasteiger partial charge in [-0.2, -0.15) is 5.26 Å². The van der Waals surface area contributed by atoms with Gasteiger partial charge in [0.25, 0.3) is 0 Å². The lowest BCUT2D eigenvalue weighted by atomic mass is 9.90. The standard InChI is InChI=1S/C38H44N8O6/c1-23(2)35(40)34(48)17-25(7-6-16-42-37(41)50)36(49)44-27-13-10-24(11-14-27)22-52-38(51)45-32-19-29(15-12-26(32)21-47)46(3)33-18-28(20-39)43-31-9-5-4-8-30(31)33/h4-5,8-15,18-19,23,25,35,47H,6-7,16-17,21-22,40H2,1-3H3,(H,44,49)(H,45,51)(H3,41,42,50)/t25-,35+/m1/s1. The number of rotatable bonds is 16. The number of aliphatic hydroxyl groups is 1. The predicted octanol–water partition coefficient (Wildman–Crippen LogP) is 5.06. The Bertz CT molecular complexity index is 1940. The Kier molecular flexibility index (Phi) is 13.6. The number of fused-ring (bicyclic) bond motifs is 1. The zero-order valence-electron chi connectivity index (χ0n) is 29.4. The minimum atomic E-state index is -0.744. The number of nitrogens with one attached hydrogen (secondary N) is 3. The first-order valence-corrected chi connectivity index (χ1v) is 16.8. The maximum absolute atomic E-state index is 13.2. The number of para-hydroxylation sites is 1. The zero-order valence-corrected chi connectivity index (χ0v) is 29.4. The number of aliphatic hydroxyl groups excluding tert-OH is 1. The molecule has 272 valence electrons. The molecule has 0 bridgehead atoms. The molecule has 0 spiro atoms. The number of urea groups is 1. The van der Waals surface area contributed by atoms with Gasteiger partial charge in [-0.25, -0.2) is 14.6 Å². The molecule has 1 aromatic heterocycles. The minimum absolute atomic E-state index is 0.0389. The molecule has 0 radical (unpaired) electrons. The van der Waals surface area contributed by atoms with E-state index in [1.807, 2.05) is 50.1 Å². The highest BCUT2D eigenvalue weighted by atomic mass is 16.5. The van der Waals surface area contributed by atoms with Crippen molar-refractivity contribution in [2.24, 2.45) is 23.3 Å². The Labute approximate surface area is 302 Å². The van der Waals surface area contributed by atoms with Crippen LogP contribution < -0.4 is 32.3 Å². The number of nitriles is 1. The molecule has 4 rings (SSSR count). The van der Waals surface area contributed by atoms with Crippen molar-refractivity contribution < 1.29 is 29.0 Å². The Hall–Kier alpha value is -6.04. The third-order valence-corrected chi connectivity index (χ3v) is 8.59. The van der Waals surface area contributed by atoms with Crippen LogP contribution in [0.15, 0.2) is 72.8 Å². The van der Waals surface area contributed by atoms with E-state index < -0.39 is 24.1 Å². The summed E-state index contributed by atoms with van der Waals surface area (Å²) in [6.45, 7) is 3.54. The van der Waals surface area contributed by atoms with Crippen LogP contribution in [0, 0.1) is 23.2 Å². The normalized spacial score (nSPS) is 12.0. The zero-order chi connectivity index (χ0) is 37.8. The summed E-state index contributed by atoms with van der Waals surface area (Å²) < 4.78 is 5.46. The topological polar surface area (TPSA) is 226 Å². The lowest BCUT2D eigenvalue weighted by molar-refractivity contribution is -0.127. The Morgan fingerprint density at radius 3 is 2.42 bits per heavy atom. The fraction of sp³-hybridized carbons (Fsp3) is 0.316. The lowest BCUT2D eigenvalue weighted by Gasteiger charge is -2.23. The number of primary amides is 1. The minimum Gasteiger partial charge on any atom is -0.444 e. The van der Waals surface area contributed by atoms with Crippen LogP contribution in [0.3, 0.4) is 0 Å². The first-order chi connectivity index (χ1) is 24.9. The Morgan fingerprint density at radius 1 is 1.02 bits per heavy atom. The molecule has 0 unspecified atom stereocenters. The monoisotopic (exact) mass is 708 g/mol. The van der Waals surface area contributed by atoms with Crippen LogP contribution in [0.25, 0.3) is 10.9 Å². The molecule has 0 saturated carbocycles. The molecular formula is C38H44N8O6. The number of carbonyl (C=O) groups is 4. The number of nitrogens with zero attached hydrogens (tertiary/aromatic N) is 3. The molecule has 4 amide bonds. The van der Waals surface area contributed by atoms with E-state index >= 15 is 0 Å². The van der Waals surface area contributed by atoms with E-state index in [0.29, 0.717) is 46.5 Å². The highest BCUT2D eigenvalue weighted by Crippen LogP contribution is 2.33. The quantitative estimate of drug-likeness (QED) is 0.0848. The molecular weight excluding hydrogens is 664 g/mol. The number of amides is 4. The number of Topliss-reactive ketones (excluding diaryl/α,β-unsaturated/α-hetero) is 1. The van der Waals surface area contributed by atoms with Gasteiger partial charge in [0.1, 0.15) is 18.4 Å². The maximum Gasteiger partial charge on any atom is 0.411 e. The van der Waals surface area contributed by atoms with E-state index in [-0.39, 0.29) is 49.5 Å². The molecule has 0 fully saturated rings. The molecule has 8 N–H and O–H groups in total. The summed E-state index contributed by atoms with van der Waals surface area (Å²) in [6, 6.07) is 21.8. The fourth-order valence-corrected chi connectivity index (χ4v) is 5.52. The van der Waals surface area contributed by atoms with Crippen LogP contribution in [0.1, 0.15) is 49.9 Å². The van der Waals surface area contributed by atoms with Crippen molar-refractivity contribution in [3.05, 3.63) is 89.6 Å². The molecule has 0 aliphatic carbocycles. The van der Waals surface area contributed by atoms with Gasteiger partial charge in [-0.05, 0) is 60.7 Å². The van der Waals surface area contributed by atoms with E-state index in [1.54, 1.807) is 48.5 Å². The number of ketones is 1. The van der Waals surface area contributed by atoms with Gasteiger partial charge in [0.05, 0.1) is 29.5 Å². The highest BCUT2D eigenvalue weighted by molar-refractivity contribution is 5.97. The number of nitrogens with two attached hydrogens (primary N) is 2. The lowest BCUT2D eigenvalue weighted by Crippen LogP contribution is -2.38. The van der Waals surface area contributed by atoms with Crippen molar-refractivity contribution in [2.75, 3.05) is 29.1 Å². The van der Waals surface area contributed by atoms with Crippen LogP contribution >= 0.6 is 0 Å². The van der Waals surface area contributed by atoms with Gasteiger partial charge in [0.15, 0.2) is 5.78 Å². The first-order valence-electron chi connectivity index (χ1n) is 16.8.